The quantitative estimate of drug-likeness (QED) is 0.919. The van der Waals surface area contributed by atoms with Crippen molar-refractivity contribution in [3.8, 4) is 6.07 Å². The minimum absolute atomic E-state index is 0.202. The van der Waals surface area contributed by atoms with Crippen molar-refractivity contribution >= 4 is 5.97 Å². The molecule has 1 aliphatic heterocycles. The third-order valence-corrected chi connectivity index (χ3v) is 4.27. The molecule has 3 unspecified atom stereocenters. The molecule has 1 fully saturated rings. The lowest BCUT2D eigenvalue weighted by atomic mass is 9.89. The standard InChI is InChI=1S/C16H20N2O2/c1-11-8-15(16(19)20)6-7-18(11)12(2)14-5-3-4-13(9-14)10-17/h3-5,9,11-12,15H,6-8H2,1-2H3,(H,19,20). The van der Waals surface area contributed by atoms with Crippen molar-refractivity contribution in [3.63, 3.8) is 0 Å². The molecule has 1 heterocycles. The van der Waals surface area contributed by atoms with Crippen molar-refractivity contribution in [2.24, 2.45) is 5.92 Å². The molecule has 1 saturated heterocycles. The summed E-state index contributed by atoms with van der Waals surface area (Å²) in [6, 6.07) is 10.3. The van der Waals surface area contributed by atoms with Crippen molar-refractivity contribution < 1.29 is 9.90 Å². The fourth-order valence-corrected chi connectivity index (χ4v) is 3.05. The van der Waals surface area contributed by atoms with E-state index in [1.165, 1.54) is 0 Å². The van der Waals surface area contributed by atoms with Gasteiger partial charge in [-0.25, -0.2) is 0 Å². The van der Waals surface area contributed by atoms with Crippen molar-refractivity contribution in [3.05, 3.63) is 35.4 Å². The third-order valence-electron chi connectivity index (χ3n) is 4.27. The molecule has 1 aliphatic rings. The Hall–Kier alpha value is -1.86. The van der Waals surface area contributed by atoms with Gasteiger partial charge in [0.1, 0.15) is 0 Å². The molecule has 0 bridgehead atoms. The first-order valence-corrected chi connectivity index (χ1v) is 7.01. The SMILES string of the molecule is CC1CC(C(=O)O)CCN1C(C)c1cccc(C#N)c1. The molecule has 2 rings (SSSR count). The summed E-state index contributed by atoms with van der Waals surface area (Å²) in [5.41, 5.74) is 1.78. The van der Waals surface area contributed by atoms with Crippen LogP contribution in [0.3, 0.4) is 0 Å². The van der Waals surface area contributed by atoms with Crippen LogP contribution in [0, 0.1) is 17.2 Å². The molecule has 0 amide bonds. The van der Waals surface area contributed by atoms with E-state index in [0.29, 0.717) is 18.4 Å². The van der Waals surface area contributed by atoms with Gasteiger partial charge in [0.25, 0.3) is 0 Å². The third kappa shape index (κ3) is 3.00. The number of carbonyl (C=O) groups is 1. The van der Waals surface area contributed by atoms with E-state index < -0.39 is 5.97 Å². The van der Waals surface area contributed by atoms with Crippen LogP contribution >= 0.6 is 0 Å². The van der Waals surface area contributed by atoms with Crippen LogP contribution in [0.5, 0.6) is 0 Å². The van der Waals surface area contributed by atoms with Gasteiger partial charge in [-0.15, -0.1) is 0 Å². The smallest absolute Gasteiger partial charge is 0.306 e. The van der Waals surface area contributed by atoms with Crippen LogP contribution in [0.2, 0.25) is 0 Å². The van der Waals surface area contributed by atoms with E-state index in [2.05, 4.69) is 24.8 Å². The molecule has 0 aromatic heterocycles. The summed E-state index contributed by atoms with van der Waals surface area (Å²) < 4.78 is 0. The number of hydrogen-bond donors (Lipinski definition) is 1. The van der Waals surface area contributed by atoms with Crippen LogP contribution in [0.15, 0.2) is 24.3 Å². The molecular formula is C16H20N2O2. The summed E-state index contributed by atoms with van der Waals surface area (Å²) in [5, 5.41) is 18.1. The number of hydrogen-bond acceptors (Lipinski definition) is 3. The monoisotopic (exact) mass is 272 g/mol. The second kappa shape index (κ2) is 6.06. The Morgan fingerprint density at radius 1 is 1.55 bits per heavy atom. The van der Waals surface area contributed by atoms with Gasteiger partial charge in [0.05, 0.1) is 17.6 Å². The van der Waals surface area contributed by atoms with E-state index in [1.807, 2.05) is 18.2 Å². The van der Waals surface area contributed by atoms with Crippen molar-refractivity contribution in [2.75, 3.05) is 6.54 Å². The van der Waals surface area contributed by atoms with E-state index in [4.69, 9.17) is 10.4 Å². The summed E-state index contributed by atoms with van der Waals surface area (Å²) in [6.45, 7) is 4.99. The zero-order valence-corrected chi connectivity index (χ0v) is 11.9. The number of carboxylic acids is 1. The van der Waals surface area contributed by atoms with Gasteiger partial charge >= 0.3 is 5.97 Å². The first-order valence-electron chi connectivity index (χ1n) is 7.01. The highest BCUT2D eigenvalue weighted by atomic mass is 16.4. The fourth-order valence-electron chi connectivity index (χ4n) is 3.05. The number of rotatable bonds is 3. The Labute approximate surface area is 119 Å². The van der Waals surface area contributed by atoms with Crippen molar-refractivity contribution in [2.45, 2.75) is 38.8 Å². The van der Waals surface area contributed by atoms with Gasteiger partial charge in [-0.3, -0.25) is 9.69 Å². The molecule has 1 aromatic carbocycles. The van der Waals surface area contributed by atoms with Crippen LogP contribution in [0.4, 0.5) is 0 Å². The summed E-state index contributed by atoms with van der Waals surface area (Å²) in [6.07, 6.45) is 1.39. The number of nitrogens with zero attached hydrogens (tertiary/aromatic N) is 2. The molecule has 4 heteroatoms. The molecule has 0 spiro atoms. The summed E-state index contributed by atoms with van der Waals surface area (Å²) in [7, 11) is 0. The molecular weight excluding hydrogens is 252 g/mol. The van der Waals surface area contributed by atoms with Gasteiger partial charge in [-0.2, -0.15) is 5.26 Å². The number of nitriles is 1. The van der Waals surface area contributed by atoms with E-state index >= 15 is 0 Å². The van der Waals surface area contributed by atoms with Crippen LogP contribution < -0.4 is 0 Å². The predicted octanol–water partition coefficient (Wildman–Crippen LogP) is 2.80. The largest absolute Gasteiger partial charge is 0.481 e. The molecule has 1 N–H and O–H groups in total. The van der Waals surface area contributed by atoms with E-state index in [-0.39, 0.29) is 18.0 Å². The number of piperidine rings is 1. The van der Waals surface area contributed by atoms with Crippen LogP contribution in [0.25, 0.3) is 0 Å². The van der Waals surface area contributed by atoms with E-state index in [0.717, 1.165) is 12.1 Å². The molecule has 20 heavy (non-hydrogen) atoms. The van der Waals surface area contributed by atoms with Gasteiger partial charge < -0.3 is 5.11 Å². The van der Waals surface area contributed by atoms with Crippen molar-refractivity contribution in [1.82, 2.24) is 4.90 Å². The second-order valence-electron chi connectivity index (χ2n) is 5.56. The normalized spacial score (nSPS) is 24.9. The van der Waals surface area contributed by atoms with Crippen LogP contribution in [-0.2, 0) is 4.79 Å². The average Bonchev–Trinajstić information content (AvgIpc) is 2.46. The lowest BCUT2D eigenvalue weighted by molar-refractivity contribution is -0.144. The van der Waals surface area contributed by atoms with Gasteiger partial charge in [-0.1, -0.05) is 12.1 Å². The summed E-state index contributed by atoms with van der Waals surface area (Å²) in [5.74, 6) is -0.908. The first-order chi connectivity index (χ1) is 9.52. The molecule has 4 nitrogen and oxygen atoms in total. The van der Waals surface area contributed by atoms with Gasteiger partial charge in [0.2, 0.25) is 0 Å². The molecule has 3 atom stereocenters. The minimum Gasteiger partial charge on any atom is -0.481 e. The lowest BCUT2D eigenvalue weighted by Crippen LogP contribution is -2.43. The Bertz CT molecular complexity index is 536. The second-order valence-corrected chi connectivity index (χ2v) is 5.56. The molecule has 106 valence electrons. The maximum Gasteiger partial charge on any atom is 0.306 e. The minimum atomic E-state index is -0.685. The molecule has 0 radical (unpaired) electrons. The summed E-state index contributed by atoms with van der Waals surface area (Å²) in [4.78, 5) is 13.4. The predicted molar refractivity (Wildman–Crippen MR) is 76.1 cm³/mol. The Morgan fingerprint density at radius 3 is 2.90 bits per heavy atom. The molecule has 0 saturated carbocycles. The van der Waals surface area contributed by atoms with Crippen LogP contribution in [-0.4, -0.2) is 28.6 Å². The molecule has 0 aliphatic carbocycles. The highest BCUT2D eigenvalue weighted by Gasteiger charge is 2.32. The summed E-state index contributed by atoms with van der Waals surface area (Å²) >= 11 is 0. The van der Waals surface area contributed by atoms with E-state index in [9.17, 15) is 4.79 Å². The van der Waals surface area contributed by atoms with Gasteiger partial charge in [0, 0.05) is 12.1 Å². The maximum atomic E-state index is 11.1. The Balaban J connectivity index is 2.11. The van der Waals surface area contributed by atoms with Gasteiger partial charge in [-0.05, 0) is 50.9 Å². The highest BCUT2D eigenvalue weighted by Crippen LogP contribution is 2.31. The number of aliphatic carboxylic acids is 1. The number of likely N-dealkylation sites (tertiary alicyclic amines) is 1. The number of benzene rings is 1. The lowest BCUT2D eigenvalue weighted by Gasteiger charge is -2.40. The zero-order valence-electron chi connectivity index (χ0n) is 11.9. The van der Waals surface area contributed by atoms with Gasteiger partial charge in [0.15, 0.2) is 0 Å². The topological polar surface area (TPSA) is 64.3 Å². The Kier molecular flexibility index (Phi) is 4.41. The number of carboxylic acid groups (broad SMARTS) is 1. The Morgan fingerprint density at radius 2 is 2.30 bits per heavy atom. The highest BCUT2D eigenvalue weighted by molar-refractivity contribution is 5.70. The average molecular weight is 272 g/mol. The van der Waals surface area contributed by atoms with Crippen LogP contribution in [0.1, 0.15) is 43.9 Å². The van der Waals surface area contributed by atoms with E-state index in [1.54, 1.807) is 6.07 Å². The first kappa shape index (κ1) is 14.5. The zero-order chi connectivity index (χ0) is 14.7. The van der Waals surface area contributed by atoms with Crippen molar-refractivity contribution in [1.29, 1.82) is 5.26 Å². The molecule has 1 aromatic rings. The fraction of sp³-hybridized carbons (Fsp3) is 0.500. The maximum absolute atomic E-state index is 11.1.